The van der Waals surface area contributed by atoms with E-state index in [0.717, 1.165) is 6.42 Å². The molecule has 1 aromatic heterocycles. The van der Waals surface area contributed by atoms with Crippen LogP contribution in [0.1, 0.15) is 25.8 Å². The second-order valence-electron chi connectivity index (χ2n) is 6.60. The van der Waals surface area contributed by atoms with E-state index in [4.69, 9.17) is 5.73 Å². The van der Waals surface area contributed by atoms with Crippen molar-refractivity contribution in [3.05, 3.63) is 46.4 Å². The summed E-state index contributed by atoms with van der Waals surface area (Å²) in [6.45, 7) is 4.59. The van der Waals surface area contributed by atoms with Crippen molar-refractivity contribution < 1.29 is 14.2 Å². The van der Waals surface area contributed by atoms with Crippen LogP contribution in [0.4, 0.5) is 11.4 Å². The molecule has 26 heavy (non-hydrogen) atoms. The quantitative estimate of drug-likeness (QED) is 0.519. The van der Waals surface area contributed by atoms with Gasteiger partial charge in [0.15, 0.2) is 5.84 Å². The molecule has 0 amide bonds. The summed E-state index contributed by atoms with van der Waals surface area (Å²) < 4.78 is 26.1. The number of aromatic nitrogens is 1. The lowest BCUT2D eigenvalue weighted by molar-refractivity contribution is 0.463. The lowest BCUT2D eigenvalue weighted by Crippen LogP contribution is -2.31. The predicted octanol–water partition coefficient (Wildman–Crippen LogP) is 3.08. The number of fused-ring (bicyclic) bond motifs is 1. The number of aromatic hydroxyl groups is 1. The van der Waals surface area contributed by atoms with Crippen molar-refractivity contribution in [3.63, 3.8) is 0 Å². The van der Waals surface area contributed by atoms with E-state index in [1.54, 1.807) is 12.1 Å². The summed E-state index contributed by atoms with van der Waals surface area (Å²) in [5.41, 5.74) is 5.88. The van der Waals surface area contributed by atoms with E-state index in [0.29, 0.717) is 23.8 Å². The third-order valence-corrected chi connectivity index (χ3v) is 5.46. The number of pyridine rings is 1. The summed E-state index contributed by atoms with van der Waals surface area (Å²) in [4.78, 5) is 12.9. The highest BCUT2D eigenvalue weighted by Crippen LogP contribution is 2.56. The van der Waals surface area contributed by atoms with Crippen molar-refractivity contribution in [2.75, 3.05) is 11.1 Å². The van der Waals surface area contributed by atoms with Gasteiger partial charge in [0, 0.05) is 18.4 Å². The first-order valence-corrected chi connectivity index (χ1v) is 9.67. The fourth-order valence-corrected chi connectivity index (χ4v) is 3.86. The topological polar surface area (TPSA) is 133 Å². The molecule has 9 heteroatoms. The maximum absolute atomic E-state index is 12.8. The van der Waals surface area contributed by atoms with Gasteiger partial charge in [-0.15, -0.1) is 4.40 Å². The van der Waals surface area contributed by atoms with E-state index in [1.807, 2.05) is 0 Å². The number of nitrogens with two attached hydrogens (primary N) is 1. The highest BCUT2D eigenvalue weighted by Gasteiger charge is 2.29. The second-order valence-corrected chi connectivity index (χ2v) is 8.26. The molecule has 0 atom stereocenters. The number of nitrogens with zero attached hydrogens (tertiary/aromatic N) is 2. The van der Waals surface area contributed by atoms with Crippen LogP contribution in [0.5, 0.6) is 5.75 Å². The molecule has 0 aliphatic carbocycles. The SMILES string of the molecule is CC(C)CCn1ccc(O)c(C2=NS(O)(O)c3cc(N)ccc3N2)c1=O. The minimum Gasteiger partial charge on any atom is -0.507 e. The lowest BCUT2D eigenvalue weighted by atomic mass is 10.1. The van der Waals surface area contributed by atoms with Crippen LogP contribution in [-0.2, 0) is 6.54 Å². The molecule has 2 heterocycles. The summed E-state index contributed by atoms with van der Waals surface area (Å²) in [6.07, 6.45) is 2.31. The Kier molecular flexibility index (Phi) is 4.70. The Labute approximate surface area is 152 Å². The zero-order valence-corrected chi connectivity index (χ0v) is 15.3. The summed E-state index contributed by atoms with van der Waals surface area (Å²) in [7, 11) is -3.55. The average Bonchev–Trinajstić information content (AvgIpc) is 2.54. The number of nitrogen functional groups attached to an aromatic ring is 1. The molecule has 1 aliphatic heterocycles. The van der Waals surface area contributed by atoms with Crippen molar-refractivity contribution in [1.29, 1.82) is 0 Å². The smallest absolute Gasteiger partial charge is 0.265 e. The summed E-state index contributed by atoms with van der Waals surface area (Å²) in [5, 5.41) is 13.1. The molecule has 1 aliphatic rings. The molecule has 0 radical (unpaired) electrons. The van der Waals surface area contributed by atoms with E-state index >= 15 is 0 Å². The highest BCUT2D eigenvalue weighted by atomic mass is 32.3. The Morgan fingerprint density at radius 3 is 2.73 bits per heavy atom. The van der Waals surface area contributed by atoms with Gasteiger partial charge >= 0.3 is 0 Å². The third kappa shape index (κ3) is 3.41. The van der Waals surface area contributed by atoms with Crippen molar-refractivity contribution in [2.24, 2.45) is 10.3 Å². The third-order valence-electron chi connectivity index (χ3n) is 4.10. The van der Waals surface area contributed by atoms with Crippen molar-refractivity contribution in [1.82, 2.24) is 4.57 Å². The van der Waals surface area contributed by atoms with Crippen molar-refractivity contribution in [2.45, 2.75) is 31.7 Å². The summed E-state index contributed by atoms with van der Waals surface area (Å²) in [6, 6.07) is 5.98. The van der Waals surface area contributed by atoms with Gasteiger partial charge in [0.1, 0.15) is 16.2 Å². The molecule has 8 nitrogen and oxygen atoms in total. The molecule has 0 spiro atoms. The molecule has 2 aromatic rings. The molecule has 140 valence electrons. The van der Waals surface area contributed by atoms with Gasteiger partial charge in [0.25, 0.3) is 5.56 Å². The van der Waals surface area contributed by atoms with Gasteiger partial charge < -0.3 is 20.7 Å². The molecule has 0 fully saturated rings. The largest absolute Gasteiger partial charge is 0.507 e. The molecule has 3 rings (SSSR count). The van der Waals surface area contributed by atoms with Gasteiger partial charge in [-0.1, -0.05) is 24.6 Å². The van der Waals surface area contributed by atoms with E-state index in [9.17, 15) is 19.0 Å². The summed E-state index contributed by atoms with van der Waals surface area (Å²) >= 11 is 0. The number of amidine groups is 1. The molecular weight excluding hydrogens is 356 g/mol. The van der Waals surface area contributed by atoms with Gasteiger partial charge in [-0.3, -0.25) is 13.9 Å². The average molecular weight is 378 g/mol. The zero-order valence-electron chi connectivity index (χ0n) is 14.5. The zero-order chi connectivity index (χ0) is 19.1. The van der Waals surface area contributed by atoms with Crippen LogP contribution in [0.3, 0.4) is 0 Å². The first-order valence-electron chi connectivity index (χ1n) is 8.16. The van der Waals surface area contributed by atoms with Crippen LogP contribution in [0.25, 0.3) is 0 Å². The minimum atomic E-state index is -3.55. The normalized spacial score (nSPS) is 16.6. The van der Waals surface area contributed by atoms with Crippen LogP contribution in [0.15, 0.2) is 44.6 Å². The Morgan fingerprint density at radius 2 is 2.04 bits per heavy atom. The van der Waals surface area contributed by atoms with Crippen LogP contribution >= 0.6 is 10.8 Å². The number of nitrogens with one attached hydrogen (secondary N) is 1. The number of benzene rings is 1. The van der Waals surface area contributed by atoms with Crippen LogP contribution < -0.4 is 16.6 Å². The Bertz CT molecular complexity index is 937. The Hall–Kier alpha value is -2.49. The van der Waals surface area contributed by atoms with E-state index < -0.39 is 16.3 Å². The molecular formula is C17H22N4O4S. The van der Waals surface area contributed by atoms with Gasteiger partial charge in [-0.05, 0) is 36.6 Å². The predicted molar refractivity (Wildman–Crippen MR) is 104 cm³/mol. The minimum absolute atomic E-state index is 0.0799. The van der Waals surface area contributed by atoms with Crippen LogP contribution in [0, 0.1) is 5.92 Å². The van der Waals surface area contributed by atoms with Crippen LogP contribution in [0.2, 0.25) is 0 Å². The molecule has 0 saturated heterocycles. The molecule has 0 bridgehead atoms. The van der Waals surface area contributed by atoms with Gasteiger partial charge in [-0.2, -0.15) is 0 Å². The first-order chi connectivity index (χ1) is 12.2. The Balaban J connectivity index is 2.07. The van der Waals surface area contributed by atoms with Gasteiger partial charge in [-0.25, -0.2) is 0 Å². The van der Waals surface area contributed by atoms with Crippen molar-refractivity contribution >= 4 is 28.0 Å². The fourth-order valence-electron chi connectivity index (χ4n) is 2.66. The van der Waals surface area contributed by atoms with Gasteiger partial charge in [0.05, 0.1) is 5.69 Å². The standard InChI is InChI=1S/C17H22N4O4S/c1-10(2)5-7-21-8-6-13(22)15(17(21)23)16-19-12-4-3-11(18)9-14(12)26(24,25)20-16/h3-4,6,8-10,22,24-25H,5,7,18H2,1-2H3,(H,19,20). The molecule has 1 aromatic carbocycles. The fraction of sp³-hybridized carbons (Fsp3) is 0.294. The molecule has 0 unspecified atom stereocenters. The van der Waals surface area contributed by atoms with E-state index in [2.05, 4.69) is 23.6 Å². The second kappa shape index (κ2) is 6.67. The maximum atomic E-state index is 12.8. The van der Waals surface area contributed by atoms with E-state index in [-0.39, 0.29) is 22.0 Å². The number of aryl methyl sites for hydroxylation is 1. The Morgan fingerprint density at radius 1 is 1.31 bits per heavy atom. The van der Waals surface area contributed by atoms with E-state index in [1.165, 1.54) is 22.9 Å². The highest BCUT2D eigenvalue weighted by molar-refractivity contribution is 8.23. The first kappa shape index (κ1) is 18.3. The molecule has 6 N–H and O–H groups in total. The van der Waals surface area contributed by atoms with Crippen LogP contribution in [-0.4, -0.2) is 24.6 Å². The lowest BCUT2D eigenvalue weighted by Gasteiger charge is -2.34. The molecule has 0 saturated carbocycles. The number of hydrogen-bond acceptors (Lipinski definition) is 7. The number of hydrogen-bond donors (Lipinski definition) is 5. The maximum Gasteiger partial charge on any atom is 0.265 e. The number of anilines is 2. The van der Waals surface area contributed by atoms with Crippen molar-refractivity contribution in [3.8, 4) is 5.75 Å². The monoisotopic (exact) mass is 378 g/mol. The number of rotatable bonds is 4. The summed E-state index contributed by atoms with van der Waals surface area (Å²) in [5.74, 6) is 0.0495. The van der Waals surface area contributed by atoms with Gasteiger partial charge in [0.2, 0.25) is 0 Å².